The Bertz CT molecular complexity index is 23.6. The van der Waals surface area contributed by atoms with Crippen LogP contribution >= 0.6 is 30.3 Å². The summed E-state index contributed by atoms with van der Waals surface area (Å²) in [6, 6.07) is 0. The first-order valence-corrected chi connectivity index (χ1v) is 4.55. The Morgan fingerprint density at radius 1 is 1.60 bits per heavy atom. The van der Waals surface area contributed by atoms with Crippen molar-refractivity contribution in [2.75, 3.05) is 14.1 Å². The van der Waals surface area contributed by atoms with Crippen molar-refractivity contribution in [3.63, 3.8) is 0 Å². The third-order valence-corrected chi connectivity index (χ3v) is 2.78. The summed E-state index contributed by atoms with van der Waals surface area (Å²) in [6.45, 7) is 0. The van der Waals surface area contributed by atoms with E-state index in [0.29, 0.717) is 0 Å². The predicted molar refractivity (Wildman–Crippen MR) is 35.3 cm³/mol. The van der Waals surface area contributed by atoms with Gasteiger partial charge in [-0.05, 0) is 23.2 Å². The van der Waals surface area contributed by atoms with Crippen molar-refractivity contribution in [2.24, 2.45) is 0 Å². The second-order valence-corrected chi connectivity index (χ2v) is 2.93. The second-order valence-electron chi connectivity index (χ2n) is 0.881. The van der Waals surface area contributed by atoms with Crippen LogP contribution in [-0.2, 0) is 0 Å². The van der Waals surface area contributed by atoms with Crippen LogP contribution in [0.4, 0.5) is 0 Å². The number of hydrogen-bond acceptors (Lipinski definition) is 2. The van der Waals surface area contributed by atoms with Crippen LogP contribution in [0.1, 0.15) is 0 Å². The zero-order valence-corrected chi connectivity index (χ0v) is 6.21. The maximum atomic E-state index is 2.22. The third kappa shape index (κ3) is 5.04. The Morgan fingerprint density at radius 3 is 1.80 bits per heavy atom. The zero-order valence-electron chi connectivity index (χ0n) is 3.23. The maximum absolute atomic E-state index is 2.22. The summed E-state index contributed by atoms with van der Waals surface area (Å²) < 4.78 is 2.03. The Labute approximate surface area is 48.8 Å². The standard InChI is InChI=1S/C2H6INS/c1-4(2)5-3/h1-2H3. The number of rotatable bonds is 1. The van der Waals surface area contributed by atoms with Crippen molar-refractivity contribution >= 4 is 30.3 Å². The molecule has 0 heterocycles. The molecular formula is C2H6INS. The van der Waals surface area contributed by atoms with Crippen LogP contribution in [0.3, 0.4) is 0 Å². The Kier molecular flexibility index (Phi) is 3.91. The van der Waals surface area contributed by atoms with E-state index in [1.165, 1.54) is 0 Å². The lowest BCUT2D eigenvalue weighted by atomic mass is 11.3. The normalized spacial score (nSPS) is 9.60. The van der Waals surface area contributed by atoms with Crippen molar-refractivity contribution in [3.8, 4) is 0 Å². The van der Waals surface area contributed by atoms with Gasteiger partial charge in [-0.1, -0.05) is 0 Å². The molecule has 0 aromatic heterocycles. The molecule has 0 unspecified atom stereocenters. The molecule has 3 heteroatoms. The number of halogens is 1. The molecule has 0 saturated carbocycles. The van der Waals surface area contributed by atoms with E-state index in [0.717, 1.165) is 0 Å². The molecule has 0 radical (unpaired) electrons. The molecule has 0 saturated heterocycles. The molecule has 0 aliphatic heterocycles. The average Bonchev–Trinajstić information content (AvgIpc) is 1.38. The SMILES string of the molecule is CN(C)SI. The van der Waals surface area contributed by atoms with Crippen LogP contribution in [-0.4, -0.2) is 18.4 Å². The molecule has 32 valence electrons. The van der Waals surface area contributed by atoms with Gasteiger partial charge >= 0.3 is 0 Å². The molecule has 0 aromatic rings. The van der Waals surface area contributed by atoms with Gasteiger partial charge in [-0.3, -0.25) is 0 Å². The third-order valence-electron chi connectivity index (χ3n) is 0.138. The Balaban J connectivity index is 2.54. The van der Waals surface area contributed by atoms with Crippen LogP contribution in [0.15, 0.2) is 0 Å². The molecule has 0 atom stereocenters. The van der Waals surface area contributed by atoms with Crippen LogP contribution < -0.4 is 0 Å². The molecule has 0 amide bonds. The van der Waals surface area contributed by atoms with Crippen molar-refractivity contribution in [1.29, 1.82) is 0 Å². The maximum Gasteiger partial charge on any atom is 0.0146 e. The van der Waals surface area contributed by atoms with E-state index >= 15 is 0 Å². The lowest BCUT2D eigenvalue weighted by Crippen LogP contribution is -1.93. The van der Waals surface area contributed by atoms with Crippen molar-refractivity contribution in [1.82, 2.24) is 4.31 Å². The van der Waals surface area contributed by atoms with Gasteiger partial charge in [-0.25, -0.2) is 4.31 Å². The van der Waals surface area contributed by atoms with Crippen LogP contribution in [0, 0.1) is 0 Å². The highest BCUT2D eigenvalue weighted by Gasteiger charge is 1.75. The molecular weight excluding hydrogens is 197 g/mol. The fourth-order valence-corrected chi connectivity index (χ4v) is 0. The fraction of sp³-hybridized carbons (Fsp3) is 1.00. The van der Waals surface area contributed by atoms with Gasteiger partial charge in [0.25, 0.3) is 0 Å². The summed E-state index contributed by atoms with van der Waals surface area (Å²) in [5, 5.41) is 0. The van der Waals surface area contributed by atoms with Crippen molar-refractivity contribution < 1.29 is 0 Å². The fourth-order valence-electron chi connectivity index (χ4n) is 0. The topological polar surface area (TPSA) is 3.24 Å². The number of hydrogen-bond donors (Lipinski definition) is 0. The van der Waals surface area contributed by atoms with Gasteiger partial charge in [0.2, 0.25) is 0 Å². The molecule has 0 fully saturated rings. The molecule has 1 nitrogen and oxygen atoms in total. The molecule has 5 heavy (non-hydrogen) atoms. The highest BCUT2D eigenvalue weighted by atomic mass is 127. The van der Waals surface area contributed by atoms with E-state index in [4.69, 9.17) is 0 Å². The molecule has 0 spiro atoms. The highest BCUT2D eigenvalue weighted by Crippen LogP contribution is 2.11. The molecule has 0 rings (SSSR count). The first-order chi connectivity index (χ1) is 2.27. The van der Waals surface area contributed by atoms with E-state index in [9.17, 15) is 0 Å². The van der Waals surface area contributed by atoms with Crippen molar-refractivity contribution in [3.05, 3.63) is 0 Å². The van der Waals surface area contributed by atoms with Crippen LogP contribution in [0.25, 0.3) is 0 Å². The first kappa shape index (κ1) is 6.04. The van der Waals surface area contributed by atoms with Gasteiger partial charge in [0, 0.05) is 21.2 Å². The summed E-state index contributed by atoms with van der Waals surface area (Å²) in [4.78, 5) is 0. The van der Waals surface area contributed by atoms with Crippen molar-refractivity contribution in [2.45, 2.75) is 0 Å². The minimum Gasteiger partial charge on any atom is -0.248 e. The first-order valence-electron chi connectivity index (χ1n) is 1.23. The zero-order chi connectivity index (χ0) is 4.28. The number of nitrogens with zero attached hydrogens (tertiary/aromatic N) is 1. The minimum atomic E-state index is 1.68. The molecule has 0 aliphatic carbocycles. The van der Waals surface area contributed by atoms with Crippen LogP contribution in [0.2, 0.25) is 0 Å². The van der Waals surface area contributed by atoms with Gasteiger partial charge in [-0.2, -0.15) is 0 Å². The Hall–Kier alpha value is 1.04. The minimum absolute atomic E-state index is 1.68. The van der Waals surface area contributed by atoms with E-state index in [2.05, 4.69) is 21.2 Å². The van der Waals surface area contributed by atoms with Gasteiger partial charge in [0.15, 0.2) is 0 Å². The monoisotopic (exact) mass is 203 g/mol. The second kappa shape index (κ2) is 3.24. The quantitative estimate of drug-likeness (QED) is 0.469. The van der Waals surface area contributed by atoms with E-state index in [1.54, 1.807) is 9.12 Å². The summed E-state index contributed by atoms with van der Waals surface area (Å²) in [5.41, 5.74) is 0. The molecule has 0 N–H and O–H groups in total. The summed E-state index contributed by atoms with van der Waals surface area (Å²) >= 11 is 2.22. The summed E-state index contributed by atoms with van der Waals surface area (Å²) in [7, 11) is 5.70. The van der Waals surface area contributed by atoms with Gasteiger partial charge in [0.05, 0.1) is 0 Å². The highest BCUT2D eigenvalue weighted by molar-refractivity contribution is 14.2. The van der Waals surface area contributed by atoms with E-state index < -0.39 is 0 Å². The van der Waals surface area contributed by atoms with E-state index in [-0.39, 0.29) is 0 Å². The van der Waals surface area contributed by atoms with Gasteiger partial charge in [0.1, 0.15) is 0 Å². The lowest BCUT2D eigenvalue weighted by Gasteiger charge is -1.96. The molecule has 0 aliphatic rings. The van der Waals surface area contributed by atoms with Gasteiger partial charge in [-0.15, -0.1) is 0 Å². The molecule has 0 bridgehead atoms. The van der Waals surface area contributed by atoms with Gasteiger partial charge < -0.3 is 0 Å². The molecule has 0 aromatic carbocycles. The average molecular weight is 203 g/mol. The Morgan fingerprint density at radius 2 is 1.80 bits per heavy atom. The lowest BCUT2D eigenvalue weighted by molar-refractivity contribution is 0.713. The van der Waals surface area contributed by atoms with E-state index in [1.807, 2.05) is 18.4 Å². The smallest absolute Gasteiger partial charge is 0.0146 e. The summed E-state index contributed by atoms with van der Waals surface area (Å²) in [5.74, 6) is 0. The van der Waals surface area contributed by atoms with Crippen LogP contribution in [0.5, 0.6) is 0 Å². The predicted octanol–water partition coefficient (Wildman–Crippen LogP) is 1.55. The summed E-state index contributed by atoms with van der Waals surface area (Å²) in [6.07, 6.45) is 0. The largest absolute Gasteiger partial charge is 0.248 e.